The van der Waals surface area contributed by atoms with E-state index in [1.807, 2.05) is 0 Å². The van der Waals surface area contributed by atoms with E-state index in [4.69, 9.17) is 16.3 Å². The van der Waals surface area contributed by atoms with E-state index in [0.29, 0.717) is 22.0 Å². The van der Waals surface area contributed by atoms with Gasteiger partial charge in [-0.3, -0.25) is 9.10 Å². The van der Waals surface area contributed by atoms with Gasteiger partial charge >= 0.3 is 5.97 Å². The number of hydrogen-bond acceptors (Lipinski definition) is 5. The maximum atomic E-state index is 12.6. The standard InChI is InChI=1S/C19H21ClN2O5S/c1-4-27-19(24)14-5-9-16(10-6-14)21-18(23)13(2)22(28(3,25)26)17-11-7-15(20)8-12-17/h5-13H,4H2,1-3H3,(H,21,23)/t13-/m1/s1. The Bertz CT molecular complexity index is 943. The first-order valence-electron chi connectivity index (χ1n) is 8.46. The molecule has 0 fully saturated rings. The average molecular weight is 425 g/mol. The first-order valence-corrected chi connectivity index (χ1v) is 10.7. The quantitative estimate of drug-likeness (QED) is 0.688. The molecule has 0 bridgehead atoms. The summed E-state index contributed by atoms with van der Waals surface area (Å²) in [5.41, 5.74) is 1.11. The predicted octanol–water partition coefficient (Wildman–Crippen LogP) is 3.31. The lowest BCUT2D eigenvalue weighted by Crippen LogP contribution is -2.45. The summed E-state index contributed by atoms with van der Waals surface area (Å²) in [5, 5.41) is 3.10. The molecule has 28 heavy (non-hydrogen) atoms. The third-order valence-corrected chi connectivity index (χ3v) is 5.33. The molecule has 9 heteroatoms. The van der Waals surface area contributed by atoms with Crippen molar-refractivity contribution in [1.29, 1.82) is 0 Å². The third kappa shape index (κ3) is 5.46. The van der Waals surface area contributed by atoms with E-state index < -0.39 is 27.9 Å². The molecule has 2 aromatic rings. The smallest absolute Gasteiger partial charge is 0.338 e. The van der Waals surface area contributed by atoms with Crippen molar-refractivity contribution in [2.45, 2.75) is 19.9 Å². The van der Waals surface area contributed by atoms with Crippen molar-refractivity contribution in [1.82, 2.24) is 0 Å². The van der Waals surface area contributed by atoms with Crippen LogP contribution >= 0.6 is 11.6 Å². The summed E-state index contributed by atoms with van der Waals surface area (Å²) in [6, 6.07) is 11.3. The lowest BCUT2D eigenvalue weighted by Gasteiger charge is -2.28. The minimum absolute atomic E-state index is 0.265. The van der Waals surface area contributed by atoms with E-state index in [9.17, 15) is 18.0 Å². The molecule has 7 nitrogen and oxygen atoms in total. The van der Waals surface area contributed by atoms with Crippen molar-refractivity contribution in [2.24, 2.45) is 0 Å². The van der Waals surface area contributed by atoms with E-state index in [1.54, 1.807) is 31.2 Å². The van der Waals surface area contributed by atoms with Crippen molar-refractivity contribution >= 4 is 44.9 Å². The van der Waals surface area contributed by atoms with Gasteiger partial charge in [0.15, 0.2) is 0 Å². The Hall–Kier alpha value is -2.58. The summed E-state index contributed by atoms with van der Waals surface area (Å²) < 4.78 is 30.4. The van der Waals surface area contributed by atoms with Gasteiger partial charge in [0.2, 0.25) is 15.9 Å². The van der Waals surface area contributed by atoms with Crippen LogP contribution in [0, 0.1) is 0 Å². The lowest BCUT2D eigenvalue weighted by atomic mass is 10.2. The fourth-order valence-corrected chi connectivity index (χ4v) is 3.85. The van der Waals surface area contributed by atoms with E-state index in [-0.39, 0.29) is 6.61 Å². The number of halogens is 1. The zero-order valence-electron chi connectivity index (χ0n) is 15.7. The molecular weight excluding hydrogens is 404 g/mol. The number of carbonyl (C=O) groups excluding carboxylic acids is 2. The summed E-state index contributed by atoms with van der Waals surface area (Å²) in [7, 11) is -3.72. The molecule has 0 heterocycles. The Labute approximate surface area is 169 Å². The summed E-state index contributed by atoms with van der Waals surface area (Å²) in [4.78, 5) is 24.3. The molecular formula is C19H21ClN2O5S. The second-order valence-corrected chi connectivity index (χ2v) is 8.29. The van der Waals surface area contributed by atoms with Gasteiger partial charge in [-0.25, -0.2) is 13.2 Å². The first kappa shape index (κ1) is 21.7. The summed E-state index contributed by atoms with van der Waals surface area (Å²) >= 11 is 5.85. The minimum Gasteiger partial charge on any atom is -0.462 e. The lowest BCUT2D eigenvalue weighted by molar-refractivity contribution is -0.116. The molecule has 0 saturated carbocycles. The van der Waals surface area contributed by atoms with Crippen LogP contribution in [0.3, 0.4) is 0 Å². The van der Waals surface area contributed by atoms with E-state index >= 15 is 0 Å². The summed E-state index contributed by atoms with van der Waals surface area (Å²) in [5.74, 6) is -0.982. The van der Waals surface area contributed by atoms with Crippen LogP contribution in [0.15, 0.2) is 48.5 Å². The van der Waals surface area contributed by atoms with Crippen LogP contribution in [0.25, 0.3) is 0 Å². The molecule has 1 amide bonds. The molecule has 0 aromatic heterocycles. The first-order chi connectivity index (χ1) is 13.1. The van der Waals surface area contributed by atoms with Crippen LogP contribution in [0.2, 0.25) is 5.02 Å². The average Bonchev–Trinajstić information content (AvgIpc) is 2.63. The number of nitrogens with one attached hydrogen (secondary N) is 1. The van der Waals surface area contributed by atoms with Crippen molar-refractivity contribution < 1.29 is 22.7 Å². The van der Waals surface area contributed by atoms with Crippen molar-refractivity contribution in [2.75, 3.05) is 22.5 Å². The maximum absolute atomic E-state index is 12.6. The Morgan fingerprint density at radius 3 is 2.18 bits per heavy atom. The van der Waals surface area contributed by atoms with E-state index in [1.165, 1.54) is 31.2 Å². The van der Waals surface area contributed by atoms with Crippen LogP contribution in [0.5, 0.6) is 0 Å². The molecule has 150 valence electrons. The second-order valence-electron chi connectivity index (χ2n) is 6.00. The van der Waals surface area contributed by atoms with Crippen molar-refractivity contribution in [3.05, 3.63) is 59.1 Å². The highest BCUT2D eigenvalue weighted by Gasteiger charge is 2.29. The van der Waals surface area contributed by atoms with Gasteiger partial charge in [0.25, 0.3) is 0 Å². The number of anilines is 2. The fourth-order valence-electron chi connectivity index (χ4n) is 2.55. The number of benzene rings is 2. The number of esters is 1. The summed E-state index contributed by atoms with van der Waals surface area (Å²) in [6.07, 6.45) is 1.03. The molecule has 1 atom stereocenters. The molecule has 0 spiro atoms. The Balaban J connectivity index is 2.19. The Morgan fingerprint density at radius 2 is 1.68 bits per heavy atom. The fraction of sp³-hybridized carbons (Fsp3) is 0.263. The minimum atomic E-state index is -3.72. The zero-order valence-corrected chi connectivity index (χ0v) is 17.3. The Kier molecular flexibility index (Phi) is 7.04. The van der Waals surface area contributed by atoms with Crippen LogP contribution in [-0.2, 0) is 19.6 Å². The molecule has 0 saturated heterocycles. The zero-order chi connectivity index (χ0) is 20.9. The molecule has 0 aliphatic rings. The van der Waals surface area contributed by atoms with Crippen LogP contribution in [0.1, 0.15) is 24.2 Å². The van der Waals surface area contributed by atoms with Crippen molar-refractivity contribution in [3.63, 3.8) is 0 Å². The van der Waals surface area contributed by atoms with Gasteiger partial charge in [0.05, 0.1) is 24.1 Å². The van der Waals surface area contributed by atoms with Gasteiger partial charge in [-0.15, -0.1) is 0 Å². The van der Waals surface area contributed by atoms with Gasteiger partial charge in [-0.1, -0.05) is 11.6 Å². The number of rotatable bonds is 7. The Morgan fingerprint density at radius 1 is 1.11 bits per heavy atom. The highest BCUT2D eigenvalue weighted by atomic mass is 35.5. The molecule has 1 N–H and O–H groups in total. The van der Waals surface area contributed by atoms with Crippen molar-refractivity contribution in [3.8, 4) is 0 Å². The van der Waals surface area contributed by atoms with Gasteiger partial charge in [-0.2, -0.15) is 0 Å². The van der Waals surface area contributed by atoms with Gasteiger partial charge in [-0.05, 0) is 62.4 Å². The van der Waals surface area contributed by atoms with Gasteiger partial charge in [0.1, 0.15) is 6.04 Å². The second kappa shape index (κ2) is 9.07. The molecule has 0 aliphatic carbocycles. The summed E-state index contributed by atoms with van der Waals surface area (Å²) in [6.45, 7) is 3.46. The number of nitrogens with zero attached hydrogens (tertiary/aromatic N) is 1. The molecule has 2 aromatic carbocycles. The van der Waals surface area contributed by atoms with Crippen LogP contribution in [-0.4, -0.2) is 39.2 Å². The van der Waals surface area contributed by atoms with E-state index in [0.717, 1.165) is 10.6 Å². The monoisotopic (exact) mass is 424 g/mol. The highest BCUT2D eigenvalue weighted by molar-refractivity contribution is 7.92. The molecule has 0 aliphatic heterocycles. The molecule has 0 radical (unpaired) electrons. The number of hydrogen-bond donors (Lipinski definition) is 1. The SMILES string of the molecule is CCOC(=O)c1ccc(NC(=O)[C@@H](C)N(c2ccc(Cl)cc2)S(C)(=O)=O)cc1. The maximum Gasteiger partial charge on any atom is 0.338 e. The number of sulfonamides is 1. The number of amides is 1. The molecule has 0 unspecified atom stereocenters. The number of carbonyl (C=O) groups is 2. The van der Waals surface area contributed by atoms with E-state index in [2.05, 4.69) is 5.32 Å². The normalized spacial score (nSPS) is 12.1. The highest BCUT2D eigenvalue weighted by Crippen LogP contribution is 2.23. The van der Waals surface area contributed by atoms with Crippen LogP contribution in [0.4, 0.5) is 11.4 Å². The molecule has 2 rings (SSSR count). The van der Waals surface area contributed by atoms with Gasteiger partial charge in [0, 0.05) is 10.7 Å². The third-order valence-electron chi connectivity index (χ3n) is 3.83. The predicted molar refractivity (Wildman–Crippen MR) is 109 cm³/mol. The number of ether oxygens (including phenoxy) is 1. The van der Waals surface area contributed by atoms with Gasteiger partial charge < -0.3 is 10.1 Å². The topological polar surface area (TPSA) is 92.8 Å². The largest absolute Gasteiger partial charge is 0.462 e. The van der Waals surface area contributed by atoms with Crippen LogP contribution < -0.4 is 9.62 Å².